The van der Waals surface area contributed by atoms with Gasteiger partial charge in [0.1, 0.15) is 11.9 Å². The zero-order chi connectivity index (χ0) is 12.3. The van der Waals surface area contributed by atoms with E-state index < -0.39 is 30.0 Å². The number of thiol groups is 1. The monoisotopic (exact) mass is 252 g/mol. The van der Waals surface area contributed by atoms with Gasteiger partial charge < -0.3 is 10.2 Å². The molecule has 0 saturated heterocycles. The van der Waals surface area contributed by atoms with E-state index >= 15 is 0 Å². The molecule has 90 valence electrons. The van der Waals surface area contributed by atoms with Crippen molar-refractivity contribution in [2.45, 2.75) is 18.6 Å². The van der Waals surface area contributed by atoms with Crippen LogP contribution in [0.3, 0.4) is 0 Å². The molecule has 2 unspecified atom stereocenters. The van der Waals surface area contributed by atoms with Crippen LogP contribution >= 0.6 is 12.6 Å². The highest BCUT2D eigenvalue weighted by atomic mass is 32.1. The molecule has 0 fully saturated rings. The first kappa shape index (κ1) is 13.3. The number of aliphatic hydroxyl groups is 2. The fraction of sp³-hybridized carbons (Fsp3) is 0.400. The zero-order valence-corrected chi connectivity index (χ0v) is 9.04. The summed E-state index contributed by atoms with van der Waals surface area (Å²) < 4.78 is 37.6. The summed E-state index contributed by atoms with van der Waals surface area (Å²) in [5.41, 5.74) is -0.681. The van der Waals surface area contributed by atoms with E-state index in [0.717, 1.165) is 18.2 Å². The van der Waals surface area contributed by atoms with Crippen molar-refractivity contribution in [2.75, 3.05) is 5.75 Å². The average Bonchev–Trinajstić information content (AvgIpc) is 2.26. The van der Waals surface area contributed by atoms with Gasteiger partial charge >= 0.3 is 0 Å². The largest absolute Gasteiger partial charge is 0.389 e. The van der Waals surface area contributed by atoms with E-state index in [-0.39, 0.29) is 11.3 Å². The summed E-state index contributed by atoms with van der Waals surface area (Å²) in [5.74, 6) is -1.11. The van der Waals surface area contributed by atoms with Crippen LogP contribution in [0.5, 0.6) is 0 Å². The third kappa shape index (κ3) is 2.90. The Balaban J connectivity index is 2.97. The van der Waals surface area contributed by atoms with E-state index in [4.69, 9.17) is 0 Å². The van der Waals surface area contributed by atoms with Gasteiger partial charge in [0, 0.05) is 5.75 Å². The lowest BCUT2D eigenvalue weighted by atomic mass is 10.0. The van der Waals surface area contributed by atoms with Gasteiger partial charge in [0.15, 0.2) is 0 Å². The highest BCUT2D eigenvalue weighted by Gasteiger charge is 2.20. The maximum atomic E-state index is 13.1. The van der Waals surface area contributed by atoms with Crippen LogP contribution in [-0.4, -0.2) is 22.1 Å². The maximum absolute atomic E-state index is 13.1. The Morgan fingerprint density at radius 3 is 2.31 bits per heavy atom. The summed E-state index contributed by atoms with van der Waals surface area (Å²) >= 11 is 3.76. The molecule has 0 aliphatic rings. The zero-order valence-electron chi connectivity index (χ0n) is 8.15. The molecule has 0 aromatic heterocycles. The Labute approximate surface area is 96.1 Å². The van der Waals surface area contributed by atoms with Crippen LogP contribution in [0.2, 0.25) is 0 Å². The van der Waals surface area contributed by atoms with E-state index in [2.05, 4.69) is 12.6 Å². The molecule has 0 aliphatic carbocycles. The van der Waals surface area contributed by atoms with E-state index in [0.29, 0.717) is 0 Å². The van der Waals surface area contributed by atoms with Crippen molar-refractivity contribution < 1.29 is 23.4 Å². The van der Waals surface area contributed by atoms with E-state index in [1.54, 1.807) is 0 Å². The number of aliphatic hydroxyl groups excluding tert-OH is 2. The smallest absolute Gasteiger partial charge is 0.266 e. The van der Waals surface area contributed by atoms with Crippen LogP contribution in [-0.2, 0) is 0 Å². The third-order valence-corrected chi connectivity index (χ3v) is 2.53. The highest BCUT2D eigenvalue weighted by Crippen LogP contribution is 2.26. The van der Waals surface area contributed by atoms with Crippen molar-refractivity contribution in [3.05, 3.63) is 35.1 Å². The standard InChI is InChI=1S/C10H11F3O2S/c11-7-3-5(9(15)8(14)4-16)1-2-6(7)10(12)13/h1-3,8-10,14-16H,4H2. The fourth-order valence-corrected chi connectivity index (χ4v) is 1.43. The molecule has 6 heteroatoms. The van der Waals surface area contributed by atoms with E-state index in [1.165, 1.54) is 0 Å². The Morgan fingerprint density at radius 1 is 1.25 bits per heavy atom. The molecule has 0 heterocycles. The molecule has 1 rings (SSSR count). The lowest BCUT2D eigenvalue weighted by molar-refractivity contribution is 0.0335. The van der Waals surface area contributed by atoms with Crippen molar-refractivity contribution in [2.24, 2.45) is 0 Å². The molecule has 0 spiro atoms. The van der Waals surface area contributed by atoms with Gasteiger partial charge in [0.25, 0.3) is 6.43 Å². The maximum Gasteiger partial charge on any atom is 0.266 e. The number of hydrogen-bond donors (Lipinski definition) is 3. The second-order valence-electron chi connectivity index (χ2n) is 3.28. The van der Waals surface area contributed by atoms with E-state index in [1.807, 2.05) is 0 Å². The minimum absolute atomic E-state index is 0.0145. The molecule has 16 heavy (non-hydrogen) atoms. The molecule has 0 bridgehead atoms. The van der Waals surface area contributed by atoms with Crippen molar-refractivity contribution in [3.8, 4) is 0 Å². The van der Waals surface area contributed by atoms with Gasteiger partial charge in [-0.1, -0.05) is 12.1 Å². The molecule has 0 amide bonds. The summed E-state index contributed by atoms with van der Waals surface area (Å²) in [4.78, 5) is 0. The number of benzene rings is 1. The van der Waals surface area contributed by atoms with Crippen molar-refractivity contribution >= 4 is 12.6 Å². The fourth-order valence-electron chi connectivity index (χ4n) is 1.23. The number of halogens is 3. The minimum Gasteiger partial charge on any atom is -0.389 e. The van der Waals surface area contributed by atoms with Gasteiger partial charge in [0.05, 0.1) is 11.7 Å². The molecule has 1 aromatic carbocycles. The second-order valence-corrected chi connectivity index (χ2v) is 3.64. The van der Waals surface area contributed by atoms with Gasteiger partial charge in [-0.25, -0.2) is 13.2 Å². The molecule has 0 aliphatic heterocycles. The minimum atomic E-state index is -2.90. The van der Waals surface area contributed by atoms with Crippen molar-refractivity contribution in [1.29, 1.82) is 0 Å². The lowest BCUT2D eigenvalue weighted by Crippen LogP contribution is -2.20. The Morgan fingerprint density at radius 2 is 1.88 bits per heavy atom. The topological polar surface area (TPSA) is 40.5 Å². The third-order valence-electron chi connectivity index (χ3n) is 2.15. The van der Waals surface area contributed by atoms with Crippen molar-refractivity contribution in [3.63, 3.8) is 0 Å². The van der Waals surface area contributed by atoms with Crippen molar-refractivity contribution in [1.82, 2.24) is 0 Å². The van der Waals surface area contributed by atoms with Gasteiger partial charge in [-0.15, -0.1) is 0 Å². The normalized spacial score (nSPS) is 15.2. The van der Waals surface area contributed by atoms with E-state index in [9.17, 15) is 23.4 Å². The predicted molar refractivity (Wildman–Crippen MR) is 56.2 cm³/mol. The molecule has 2 atom stereocenters. The number of hydrogen-bond acceptors (Lipinski definition) is 3. The summed E-state index contributed by atoms with van der Waals surface area (Å²) in [6.07, 6.45) is -5.40. The van der Waals surface area contributed by atoms with Crippen LogP contribution in [0.25, 0.3) is 0 Å². The van der Waals surface area contributed by atoms with Crippen LogP contribution in [0, 0.1) is 5.82 Å². The van der Waals surface area contributed by atoms with Crippen LogP contribution < -0.4 is 0 Å². The molecular formula is C10H11F3O2S. The SMILES string of the molecule is OC(CS)C(O)c1ccc(C(F)F)c(F)c1. The molecule has 0 saturated carbocycles. The summed E-state index contributed by atoms with van der Waals surface area (Å²) in [5, 5.41) is 18.7. The number of alkyl halides is 2. The predicted octanol–water partition coefficient (Wildman–Crippen LogP) is 2.09. The number of rotatable bonds is 4. The Hall–Kier alpha value is -0.720. The molecule has 2 N–H and O–H groups in total. The lowest BCUT2D eigenvalue weighted by Gasteiger charge is -2.16. The summed E-state index contributed by atoms with van der Waals surface area (Å²) in [6.45, 7) is 0. The first-order valence-electron chi connectivity index (χ1n) is 4.52. The second kappa shape index (κ2) is 5.56. The van der Waals surface area contributed by atoms with Crippen LogP contribution in [0.1, 0.15) is 23.7 Å². The first-order chi connectivity index (χ1) is 7.47. The first-order valence-corrected chi connectivity index (χ1v) is 5.15. The molecule has 1 aromatic rings. The Kier molecular flexibility index (Phi) is 4.64. The van der Waals surface area contributed by atoms with Gasteiger partial charge in [0.2, 0.25) is 0 Å². The van der Waals surface area contributed by atoms with Gasteiger partial charge in [-0.05, 0) is 11.6 Å². The Bertz CT molecular complexity index is 360. The summed E-state index contributed by atoms with van der Waals surface area (Å²) in [7, 11) is 0. The quantitative estimate of drug-likeness (QED) is 0.718. The van der Waals surface area contributed by atoms with Crippen LogP contribution in [0.4, 0.5) is 13.2 Å². The van der Waals surface area contributed by atoms with Crippen LogP contribution in [0.15, 0.2) is 18.2 Å². The van der Waals surface area contributed by atoms with Gasteiger partial charge in [-0.3, -0.25) is 0 Å². The summed E-state index contributed by atoms with van der Waals surface area (Å²) in [6, 6.07) is 2.84. The molecule has 2 nitrogen and oxygen atoms in total. The highest BCUT2D eigenvalue weighted by molar-refractivity contribution is 7.80. The molecular weight excluding hydrogens is 241 g/mol. The van der Waals surface area contributed by atoms with Gasteiger partial charge in [-0.2, -0.15) is 12.6 Å². The molecule has 0 radical (unpaired) electrons. The average molecular weight is 252 g/mol.